The highest BCUT2D eigenvalue weighted by molar-refractivity contribution is 7.80. The van der Waals surface area contributed by atoms with Crippen molar-refractivity contribution in [2.45, 2.75) is 6.61 Å². The fourth-order valence-corrected chi connectivity index (χ4v) is 3.42. The summed E-state index contributed by atoms with van der Waals surface area (Å²) in [7, 11) is 1.45. The lowest BCUT2D eigenvalue weighted by atomic mass is 10.1. The summed E-state index contributed by atoms with van der Waals surface area (Å²) in [5, 5.41) is 13.6. The highest BCUT2D eigenvalue weighted by Gasteiger charge is 2.30. The van der Waals surface area contributed by atoms with Crippen LogP contribution in [0.1, 0.15) is 11.1 Å². The van der Waals surface area contributed by atoms with Gasteiger partial charge in [0.25, 0.3) is 17.5 Å². The number of rotatable bonds is 5. The molecule has 1 aliphatic rings. The van der Waals surface area contributed by atoms with Crippen LogP contribution in [0.25, 0.3) is 6.08 Å². The summed E-state index contributed by atoms with van der Waals surface area (Å²) in [5.74, 6) is -1.01. The van der Waals surface area contributed by atoms with Gasteiger partial charge in [-0.1, -0.05) is 35.3 Å². The minimum absolute atomic E-state index is 0.00465. The monoisotopic (exact) mass is 465 g/mol. The van der Waals surface area contributed by atoms with Crippen molar-refractivity contribution in [2.75, 3.05) is 7.05 Å². The molecule has 2 aromatic carbocycles. The first kappa shape index (κ1) is 21.7. The Balaban J connectivity index is 1.83. The van der Waals surface area contributed by atoms with Gasteiger partial charge in [-0.25, -0.2) is 0 Å². The third kappa shape index (κ3) is 4.59. The average Bonchev–Trinajstić information content (AvgIpc) is 2.69. The van der Waals surface area contributed by atoms with Crippen LogP contribution in [0.3, 0.4) is 0 Å². The molecule has 0 saturated carbocycles. The van der Waals surface area contributed by atoms with Crippen LogP contribution >= 0.6 is 35.4 Å². The summed E-state index contributed by atoms with van der Waals surface area (Å²) < 4.78 is 5.63. The molecule has 0 aromatic heterocycles. The molecular formula is C19H13Cl2N3O5S. The molecule has 30 heavy (non-hydrogen) atoms. The number of nitro benzene ring substituents is 1. The smallest absolute Gasteiger partial charge is 0.269 e. The van der Waals surface area contributed by atoms with Crippen LogP contribution in [-0.2, 0) is 16.2 Å². The third-order valence-electron chi connectivity index (χ3n) is 4.14. The molecular weight excluding hydrogens is 453 g/mol. The number of nitrogens with zero attached hydrogens (tertiary/aromatic N) is 2. The molecule has 1 N–H and O–H groups in total. The SMILES string of the molecule is CN1C(=O)/C(=C/c2cc(Cl)c(OCc3cccc([N+](=O)[O-])c3)c(Cl)c2)C(=O)NC1=S. The minimum Gasteiger partial charge on any atom is -0.486 e. The molecule has 0 bridgehead atoms. The molecule has 0 atom stereocenters. The van der Waals surface area contributed by atoms with Crippen LogP contribution in [0.15, 0.2) is 42.0 Å². The Labute approximate surface area is 186 Å². The van der Waals surface area contributed by atoms with Crippen molar-refractivity contribution in [2.24, 2.45) is 0 Å². The number of non-ortho nitro benzene ring substituents is 1. The van der Waals surface area contributed by atoms with E-state index in [0.717, 1.165) is 4.90 Å². The van der Waals surface area contributed by atoms with Gasteiger partial charge in [-0.05, 0) is 41.6 Å². The van der Waals surface area contributed by atoms with Crippen LogP contribution in [-0.4, -0.2) is 33.8 Å². The van der Waals surface area contributed by atoms with Gasteiger partial charge >= 0.3 is 0 Å². The number of halogens is 2. The highest BCUT2D eigenvalue weighted by atomic mass is 35.5. The summed E-state index contributed by atoms with van der Waals surface area (Å²) in [5.41, 5.74) is 0.789. The van der Waals surface area contributed by atoms with Gasteiger partial charge in [-0.3, -0.25) is 29.9 Å². The van der Waals surface area contributed by atoms with Crippen LogP contribution in [0.4, 0.5) is 5.69 Å². The second kappa shape index (κ2) is 8.78. The van der Waals surface area contributed by atoms with Crippen molar-refractivity contribution >= 4 is 64.1 Å². The van der Waals surface area contributed by atoms with Gasteiger partial charge in [0.1, 0.15) is 12.2 Å². The van der Waals surface area contributed by atoms with Gasteiger partial charge in [0.15, 0.2) is 10.9 Å². The zero-order valence-electron chi connectivity index (χ0n) is 15.3. The zero-order chi connectivity index (χ0) is 22.0. The maximum Gasteiger partial charge on any atom is 0.269 e. The van der Waals surface area contributed by atoms with Crippen molar-refractivity contribution < 1.29 is 19.2 Å². The van der Waals surface area contributed by atoms with Crippen molar-refractivity contribution in [3.8, 4) is 5.75 Å². The van der Waals surface area contributed by atoms with Crippen molar-refractivity contribution in [1.29, 1.82) is 0 Å². The van der Waals surface area contributed by atoms with Crippen LogP contribution in [0.5, 0.6) is 5.75 Å². The molecule has 1 fully saturated rings. The number of nitrogens with one attached hydrogen (secondary N) is 1. The van der Waals surface area contributed by atoms with E-state index in [4.69, 9.17) is 40.2 Å². The predicted molar refractivity (Wildman–Crippen MR) is 115 cm³/mol. The number of ether oxygens (including phenoxy) is 1. The van der Waals surface area contributed by atoms with E-state index < -0.39 is 16.7 Å². The van der Waals surface area contributed by atoms with Gasteiger partial charge in [-0.15, -0.1) is 0 Å². The van der Waals surface area contributed by atoms with E-state index in [1.807, 2.05) is 0 Å². The number of thiocarbonyl (C=S) groups is 1. The molecule has 1 aliphatic heterocycles. The maximum atomic E-state index is 12.3. The lowest BCUT2D eigenvalue weighted by molar-refractivity contribution is -0.384. The number of nitro groups is 1. The molecule has 1 saturated heterocycles. The number of likely N-dealkylation sites (N-methyl/N-ethyl adjacent to an activating group) is 1. The number of carbonyl (C=O) groups is 2. The summed E-state index contributed by atoms with van der Waals surface area (Å²) in [4.78, 5) is 35.9. The zero-order valence-corrected chi connectivity index (χ0v) is 17.7. The second-order valence-corrected chi connectivity index (χ2v) is 7.41. The average molecular weight is 466 g/mol. The van der Waals surface area contributed by atoms with E-state index in [2.05, 4.69) is 5.32 Å². The number of amides is 2. The van der Waals surface area contributed by atoms with Crippen molar-refractivity contribution in [3.05, 3.63) is 73.3 Å². The second-order valence-electron chi connectivity index (χ2n) is 6.21. The van der Waals surface area contributed by atoms with E-state index in [9.17, 15) is 19.7 Å². The standard InChI is InChI=1S/C19H13Cl2N3O5S/c1-23-18(26)13(17(25)22-19(23)30)6-11-7-14(20)16(15(21)8-11)29-9-10-3-2-4-12(5-10)24(27)28/h2-8H,9H2,1H3,(H,22,25,30)/b13-6+. The van der Waals surface area contributed by atoms with Crippen LogP contribution in [0.2, 0.25) is 10.0 Å². The molecule has 0 unspecified atom stereocenters. The lowest BCUT2D eigenvalue weighted by Gasteiger charge is -2.25. The van der Waals surface area contributed by atoms with Crippen molar-refractivity contribution in [1.82, 2.24) is 10.2 Å². The Morgan fingerprint density at radius 1 is 1.23 bits per heavy atom. The minimum atomic E-state index is -0.624. The first-order valence-corrected chi connectivity index (χ1v) is 9.54. The number of benzene rings is 2. The summed E-state index contributed by atoms with van der Waals surface area (Å²) >= 11 is 17.4. The summed E-state index contributed by atoms with van der Waals surface area (Å²) in [6, 6.07) is 8.94. The fourth-order valence-electron chi connectivity index (χ4n) is 2.63. The molecule has 154 valence electrons. The fraction of sp³-hybridized carbons (Fsp3) is 0.105. The Morgan fingerprint density at radius 3 is 2.53 bits per heavy atom. The quantitative estimate of drug-likeness (QED) is 0.237. The number of hydrogen-bond acceptors (Lipinski definition) is 6. The Morgan fingerprint density at radius 2 is 1.90 bits per heavy atom. The summed E-state index contributed by atoms with van der Waals surface area (Å²) in [6.45, 7) is 0.00465. The van der Waals surface area contributed by atoms with Gasteiger partial charge in [0.2, 0.25) is 0 Å². The molecule has 2 aromatic rings. The predicted octanol–water partition coefficient (Wildman–Crippen LogP) is 3.74. The van der Waals surface area contributed by atoms with E-state index in [0.29, 0.717) is 11.1 Å². The van der Waals surface area contributed by atoms with E-state index in [1.165, 1.54) is 37.4 Å². The largest absolute Gasteiger partial charge is 0.486 e. The molecule has 0 spiro atoms. The Hall–Kier alpha value is -3.01. The lowest BCUT2D eigenvalue weighted by Crippen LogP contribution is -2.52. The summed E-state index contributed by atoms with van der Waals surface area (Å²) in [6.07, 6.45) is 1.35. The normalized spacial score (nSPS) is 15.4. The third-order valence-corrected chi connectivity index (χ3v) is 5.08. The topological polar surface area (TPSA) is 102 Å². The van der Waals surface area contributed by atoms with Gasteiger partial charge < -0.3 is 4.74 Å². The van der Waals surface area contributed by atoms with Crippen molar-refractivity contribution in [3.63, 3.8) is 0 Å². The molecule has 1 heterocycles. The Kier molecular flexibility index (Phi) is 6.35. The number of carbonyl (C=O) groups excluding carboxylic acids is 2. The van der Waals surface area contributed by atoms with E-state index in [-0.39, 0.29) is 38.8 Å². The first-order chi connectivity index (χ1) is 14.2. The van der Waals surface area contributed by atoms with Gasteiger partial charge in [0, 0.05) is 19.2 Å². The highest BCUT2D eigenvalue weighted by Crippen LogP contribution is 2.35. The van der Waals surface area contributed by atoms with Gasteiger partial charge in [-0.2, -0.15) is 0 Å². The Bertz CT molecular complexity index is 1100. The molecule has 0 radical (unpaired) electrons. The maximum absolute atomic E-state index is 12.3. The van der Waals surface area contributed by atoms with E-state index >= 15 is 0 Å². The molecule has 2 amide bonds. The van der Waals surface area contributed by atoms with Crippen LogP contribution in [0, 0.1) is 10.1 Å². The molecule has 8 nitrogen and oxygen atoms in total. The number of hydrogen-bond donors (Lipinski definition) is 1. The van der Waals surface area contributed by atoms with Crippen LogP contribution < -0.4 is 10.1 Å². The molecule has 3 rings (SSSR count). The molecule has 11 heteroatoms. The first-order valence-electron chi connectivity index (χ1n) is 8.37. The van der Waals surface area contributed by atoms with Gasteiger partial charge in [0.05, 0.1) is 15.0 Å². The molecule has 0 aliphatic carbocycles. The van der Waals surface area contributed by atoms with E-state index in [1.54, 1.807) is 12.1 Å².